The maximum absolute atomic E-state index is 12.0. The number of nitrogens with one attached hydrogen (secondary N) is 1. The standard InChI is InChI=1S/C20H25N3O/c1-14-4-2-5-16(12-14)20(22-24)19-17(15-6-7-15)8-11-23-10-3-9-21-13-18(19)23/h8,11,13-16,20-21H,2,4-7,10,12H2,1H3. The van der Waals surface area contributed by atoms with Gasteiger partial charge in [0.15, 0.2) is 0 Å². The van der Waals surface area contributed by atoms with Gasteiger partial charge in [0.05, 0.1) is 12.2 Å². The second-order valence-corrected chi connectivity index (χ2v) is 7.64. The lowest BCUT2D eigenvalue weighted by molar-refractivity contribution is 0.258. The fourth-order valence-electron chi connectivity index (χ4n) is 4.44. The highest BCUT2D eigenvalue weighted by molar-refractivity contribution is 5.50. The summed E-state index contributed by atoms with van der Waals surface area (Å²) in [4.78, 5) is 14.1. The highest BCUT2D eigenvalue weighted by atomic mass is 16.3. The number of allylic oxidation sites excluding steroid dienone is 2. The van der Waals surface area contributed by atoms with Crippen molar-refractivity contribution < 1.29 is 0 Å². The Hall–Kier alpha value is -2.02. The van der Waals surface area contributed by atoms with Gasteiger partial charge in [0.2, 0.25) is 0 Å². The third-order valence-corrected chi connectivity index (χ3v) is 5.80. The molecule has 4 rings (SSSR count). The molecule has 3 unspecified atom stereocenters. The van der Waals surface area contributed by atoms with E-state index in [-0.39, 0.29) is 6.04 Å². The molecule has 4 aliphatic rings. The lowest BCUT2D eigenvalue weighted by Crippen LogP contribution is -2.33. The van der Waals surface area contributed by atoms with E-state index < -0.39 is 0 Å². The van der Waals surface area contributed by atoms with Gasteiger partial charge in [-0.3, -0.25) is 0 Å². The van der Waals surface area contributed by atoms with Crippen molar-refractivity contribution in [2.24, 2.45) is 22.9 Å². The van der Waals surface area contributed by atoms with E-state index in [1.165, 1.54) is 31.3 Å². The predicted octanol–water partition coefficient (Wildman–Crippen LogP) is 3.89. The molecule has 2 aliphatic carbocycles. The number of nitrogens with zero attached hydrogens (tertiary/aromatic N) is 2. The van der Waals surface area contributed by atoms with Gasteiger partial charge in [-0.1, -0.05) is 30.9 Å². The van der Waals surface area contributed by atoms with Crippen LogP contribution in [0.15, 0.2) is 40.5 Å². The van der Waals surface area contributed by atoms with Crippen LogP contribution in [-0.2, 0) is 0 Å². The van der Waals surface area contributed by atoms with E-state index >= 15 is 0 Å². The van der Waals surface area contributed by atoms with E-state index in [0.717, 1.165) is 24.1 Å². The van der Waals surface area contributed by atoms with Crippen LogP contribution in [0.25, 0.3) is 0 Å². The van der Waals surface area contributed by atoms with Crippen molar-refractivity contribution in [1.29, 1.82) is 0 Å². The van der Waals surface area contributed by atoms with Crippen LogP contribution >= 0.6 is 0 Å². The summed E-state index contributed by atoms with van der Waals surface area (Å²) in [6, 6.07) is 2.71. The zero-order valence-electron chi connectivity index (χ0n) is 14.3. The van der Waals surface area contributed by atoms with Gasteiger partial charge in [0, 0.05) is 24.0 Å². The highest BCUT2D eigenvalue weighted by Crippen LogP contribution is 2.46. The first kappa shape index (κ1) is 15.5. The van der Waals surface area contributed by atoms with Crippen molar-refractivity contribution in [3.8, 4) is 12.0 Å². The largest absolute Gasteiger partial charge is 0.335 e. The number of nitroso groups, excluding NO2 is 1. The Morgan fingerprint density at radius 3 is 2.96 bits per heavy atom. The molecule has 1 N–H and O–H groups in total. The van der Waals surface area contributed by atoms with Gasteiger partial charge >= 0.3 is 0 Å². The molecule has 0 spiro atoms. The Morgan fingerprint density at radius 1 is 1.33 bits per heavy atom. The van der Waals surface area contributed by atoms with Gasteiger partial charge in [0.1, 0.15) is 6.04 Å². The van der Waals surface area contributed by atoms with Crippen LogP contribution in [0.2, 0.25) is 0 Å². The molecule has 4 nitrogen and oxygen atoms in total. The van der Waals surface area contributed by atoms with Gasteiger partial charge in [-0.25, -0.2) is 0 Å². The Bertz CT molecular complexity index is 675. The summed E-state index contributed by atoms with van der Waals surface area (Å²) in [6.07, 6.45) is 13.5. The van der Waals surface area contributed by atoms with Crippen molar-refractivity contribution >= 4 is 0 Å². The molecule has 0 aromatic heterocycles. The Labute approximate surface area is 144 Å². The highest BCUT2D eigenvalue weighted by Gasteiger charge is 2.39. The molecule has 3 atom stereocenters. The van der Waals surface area contributed by atoms with Crippen LogP contribution in [-0.4, -0.2) is 17.5 Å². The van der Waals surface area contributed by atoms with Crippen molar-refractivity contribution in [2.75, 3.05) is 6.54 Å². The average molecular weight is 323 g/mol. The fourth-order valence-corrected chi connectivity index (χ4v) is 4.44. The maximum Gasteiger partial charge on any atom is 0.122 e. The van der Waals surface area contributed by atoms with Crippen LogP contribution in [0, 0.1) is 34.6 Å². The lowest BCUT2D eigenvalue weighted by atomic mass is 9.74. The molecule has 126 valence electrons. The molecule has 0 aromatic rings. The quantitative estimate of drug-likeness (QED) is 0.630. The number of hydrogen-bond donors (Lipinski definition) is 1. The monoisotopic (exact) mass is 323 g/mol. The Kier molecular flexibility index (Phi) is 4.18. The van der Waals surface area contributed by atoms with E-state index in [2.05, 4.69) is 46.6 Å². The van der Waals surface area contributed by atoms with Gasteiger partial charge in [-0.05, 0) is 55.1 Å². The molecule has 0 aromatic carbocycles. The predicted molar refractivity (Wildman–Crippen MR) is 95.3 cm³/mol. The van der Waals surface area contributed by atoms with Crippen molar-refractivity contribution in [1.82, 2.24) is 10.2 Å². The normalized spacial score (nSPS) is 30.4. The summed E-state index contributed by atoms with van der Waals surface area (Å²) in [7, 11) is 0. The molecule has 2 aliphatic heterocycles. The maximum atomic E-state index is 12.0. The summed E-state index contributed by atoms with van der Waals surface area (Å²) >= 11 is 0. The minimum absolute atomic E-state index is 0.234. The lowest BCUT2D eigenvalue weighted by Gasteiger charge is -2.36. The third kappa shape index (κ3) is 2.88. The smallest absolute Gasteiger partial charge is 0.122 e. The summed E-state index contributed by atoms with van der Waals surface area (Å²) in [5, 5.41) is 6.74. The first-order chi connectivity index (χ1) is 11.8. The van der Waals surface area contributed by atoms with E-state index in [1.54, 1.807) is 0 Å². The molecule has 0 amide bonds. The molecule has 24 heavy (non-hydrogen) atoms. The van der Waals surface area contributed by atoms with Crippen LogP contribution in [0.3, 0.4) is 0 Å². The molecule has 4 heteroatoms. The van der Waals surface area contributed by atoms with Gasteiger partial charge in [-0.15, -0.1) is 0 Å². The molecule has 0 bridgehead atoms. The van der Waals surface area contributed by atoms with Gasteiger partial charge < -0.3 is 10.2 Å². The van der Waals surface area contributed by atoms with Gasteiger partial charge in [-0.2, -0.15) is 4.91 Å². The summed E-state index contributed by atoms with van der Waals surface area (Å²) in [5.74, 6) is 4.77. The van der Waals surface area contributed by atoms with E-state index in [1.807, 2.05) is 6.20 Å². The van der Waals surface area contributed by atoms with Crippen molar-refractivity contribution in [3.63, 3.8) is 0 Å². The second kappa shape index (κ2) is 6.47. The fraction of sp³-hybridized carbons (Fsp3) is 0.600. The number of hydrogen-bond acceptors (Lipinski definition) is 4. The Balaban J connectivity index is 1.73. The van der Waals surface area contributed by atoms with Crippen LogP contribution in [0.5, 0.6) is 0 Å². The van der Waals surface area contributed by atoms with E-state index in [0.29, 0.717) is 24.3 Å². The molecular formula is C20H25N3O. The van der Waals surface area contributed by atoms with Crippen molar-refractivity contribution in [3.05, 3.63) is 40.2 Å². The zero-order valence-corrected chi connectivity index (χ0v) is 14.3. The van der Waals surface area contributed by atoms with Crippen LogP contribution < -0.4 is 5.32 Å². The summed E-state index contributed by atoms with van der Waals surface area (Å²) < 4.78 is 0. The van der Waals surface area contributed by atoms with Crippen LogP contribution in [0.1, 0.15) is 45.4 Å². The topological polar surface area (TPSA) is 44.7 Å². The average Bonchev–Trinajstić information content (AvgIpc) is 3.42. The summed E-state index contributed by atoms with van der Waals surface area (Å²) in [5.41, 5.74) is 3.58. The SMILES string of the molecule is CC1CCCC(C(N=O)C2=C(C3CC3)C=CN3CC#CNC=C23)C1. The third-order valence-electron chi connectivity index (χ3n) is 5.80. The summed E-state index contributed by atoms with van der Waals surface area (Å²) in [6.45, 7) is 2.96. The first-order valence-corrected chi connectivity index (χ1v) is 9.23. The van der Waals surface area contributed by atoms with Crippen LogP contribution in [0.4, 0.5) is 0 Å². The second-order valence-electron chi connectivity index (χ2n) is 7.64. The Morgan fingerprint density at radius 2 is 2.21 bits per heavy atom. The zero-order chi connectivity index (χ0) is 16.5. The first-order valence-electron chi connectivity index (χ1n) is 9.23. The molecule has 0 saturated heterocycles. The van der Waals surface area contributed by atoms with Gasteiger partial charge in [0.25, 0.3) is 0 Å². The molecule has 2 fully saturated rings. The van der Waals surface area contributed by atoms with Crippen molar-refractivity contribution in [2.45, 2.75) is 51.5 Å². The molecular weight excluding hydrogens is 298 g/mol. The number of fused-ring (bicyclic) bond motifs is 1. The molecule has 2 saturated carbocycles. The van der Waals surface area contributed by atoms with E-state index in [9.17, 15) is 4.91 Å². The number of rotatable bonds is 4. The minimum Gasteiger partial charge on any atom is -0.335 e. The molecule has 0 radical (unpaired) electrons. The molecule has 2 heterocycles. The minimum atomic E-state index is -0.234. The van der Waals surface area contributed by atoms with E-state index in [4.69, 9.17) is 0 Å².